The lowest BCUT2D eigenvalue weighted by molar-refractivity contribution is 0.226. The molecule has 2 aliphatic rings. The summed E-state index contributed by atoms with van der Waals surface area (Å²) in [7, 11) is 0. The largest absolute Gasteiger partial charge is 0.358 e. The molecule has 3 nitrogen and oxygen atoms in total. The van der Waals surface area contributed by atoms with Crippen LogP contribution in [0.25, 0.3) is 16.6 Å². The Morgan fingerprint density at radius 1 is 0.889 bits per heavy atom. The Morgan fingerprint density at radius 2 is 1.67 bits per heavy atom. The quantitative estimate of drug-likeness (QED) is 0.492. The number of benzene rings is 1. The number of hydrogen-bond donors (Lipinski definition) is 0. The molecule has 3 aromatic rings. The molecule has 1 saturated heterocycles. The number of anilines is 1. The Kier molecular flexibility index (Phi) is 4.33. The van der Waals surface area contributed by atoms with Crippen LogP contribution >= 0.6 is 23.2 Å². The molecule has 1 aliphatic carbocycles. The Hall–Kier alpha value is -1.71. The van der Waals surface area contributed by atoms with Crippen molar-refractivity contribution in [2.45, 2.75) is 38.5 Å². The summed E-state index contributed by atoms with van der Waals surface area (Å²) >= 11 is 12.7. The van der Waals surface area contributed by atoms with Gasteiger partial charge in [0.15, 0.2) is 0 Å². The molecular weight excluding hydrogens is 377 g/mol. The highest BCUT2D eigenvalue weighted by Crippen LogP contribution is 2.47. The van der Waals surface area contributed by atoms with Gasteiger partial charge >= 0.3 is 0 Å². The SMILES string of the molecule is Clc1cccc(-c2ccc(N3CCC4(CCCC4)CC3)n3cncc23)c1Cl. The average Bonchev–Trinajstić information content (AvgIpc) is 3.34. The van der Waals surface area contributed by atoms with E-state index in [-0.39, 0.29) is 0 Å². The van der Waals surface area contributed by atoms with Gasteiger partial charge in [-0.25, -0.2) is 4.98 Å². The minimum Gasteiger partial charge on any atom is -0.358 e. The first kappa shape index (κ1) is 17.4. The summed E-state index contributed by atoms with van der Waals surface area (Å²) in [4.78, 5) is 6.94. The zero-order valence-corrected chi connectivity index (χ0v) is 16.8. The van der Waals surface area contributed by atoms with Crippen LogP contribution in [0.3, 0.4) is 0 Å². The topological polar surface area (TPSA) is 20.5 Å². The standard InChI is InChI=1S/C22H23Cl2N3/c23-18-5-3-4-17(21(18)24)16-6-7-20(27-15-25-14-19(16)27)26-12-10-22(11-13-26)8-1-2-9-22/h3-7,14-15H,1-2,8-13H2. The predicted molar refractivity (Wildman–Crippen MR) is 113 cm³/mol. The lowest BCUT2D eigenvalue weighted by Crippen LogP contribution is -2.39. The van der Waals surface area contributed by atoms with Crippen molar-refractivity contribution in [1.82, 2.24) is 9.38 Å². The second kappa shape index (κ2) is 6.72. The molecule has 2 fully saturated rings. The van der Waals surface area contributed by atoms with Crippen LogP contribution in [0.5, 0.6) is 0 Å². The first-order valence-corrected chi connectivity index (χ1v) is 10.6. The van der Waals surface area contributed by atoms with Crippen LogP contribution in [0.1, 0.15) is 38.5 Å². The van der Waals surface area contributed by atoms with Gasteiger partial charge < -0.3 is 4.90 Å². The smallest absolute Gasteiger partial charge is 0.114 e. The summed E-state index contributed by atoms with van der Waals surface area (Å²) in [5.41, 5.74) is 3.70. The van der Waals surface area contributed by atoms with E-state index in [1.165, 1.54) is 44.3 Å². The van der Waals surface area contributed by atoms with Crippen molar-refractivity contribution in [3.63, 3.8) is 0 Å². The van der Waals surface area contributed by atoms with E-state index in [1.807, 2.05) is 30.7 Å². The molecule has 0 amide bonds. The van der Waals surface area contributed by atoms with Crippen LogP contribution in [0.4, 0.5) is 5.82 Å². The highest BCUT2D eigenvalue weighted by molar-refractivity contribution is 6.43. The number of aromatic nitrogens is 2. The summed E-state index contributed by atoms with van der Waals surface area (Å²) in [6, 6.07) is 10.1. The maximum atomic E-state index is 6.48. The van der Waals surface area contributed by atoms with Crippen LogP contribution in [-0.4, -0.2) is 22.5 Å². The van der Waals surface area contributed by atoms with Crippen molar-refractivity contribution in [2.75, 3.05) is 18.0 Å². The number of halogens is 2. The zero-order valence-electron chi connectivity index (χ0n) is 15.3. The van der Waals surface area contributed by atoms with Crippen LogP contribution in [0.15, 0.2) is 42.9 Å². The van der Waals surface area contributed by atoms with E-state index in [0.29, 0.717) is 15.5 Å². The third-order valence-electron chi connectivity index (χ3n) is 6.61. The fourth-order valence-corrected chi connectivity index (χ4v) is 5.44. The van der Waals surface area contributed by atoms with Gasteiger partial charge in [0.25, 0.3) is 0 Å². The van der Waals surface area contributed by atoms with Gasteiger partial charge in [0, 0.05) is 24.2 Å². The van der Waals surface area contributed by atoms with Gasteiger partial charge in [0.1, 0.15) is 12.1 Å². The summed E-state index contributed by atoms with van der Waals surface area (Å²) in [5, 5.41) is 1.17. The van der Waals surface area contributed by atoms with Gasteiger partial charge in [-0.2, -0.15) is 0 Å². The second-order valence-electron chi connectivity index (χ2n) is 8.05. The van der Waals surface area contributed by atoms with Crippen molar-refractivity contribution in [1.29, 1.82) is 0 Å². The van der Waals surface area contributed by atoms with Crippen molar-refractivity contribution >= 4 is 34.5 Å². The summed E-state index contributed by atoms with van der Waals surface area (Å²) in [6.07, 6.45) is 12.1. The van der Waals surface area contributed by atoms with Crippen LogP contribution in [-0.2, 0) is 0 Å². The highest BCUT2D eigenvalue weighted by atomic mass is 35.5. The third kappa shape index (κ3) is 2.92. The van der Waals surface area contributed by atoms with Gasteiger partial charge in [0.05, 0.1) is 21.8 Å². The van der Waals surface area contributed by atoms with E-state index < -0.39 is 0 Å². The molecule has 27 heavy (non-hydrogen) atoms. The number of pyridine rings is 1. The Morgan fingerprint density at radius 3 is 2.44 bits per heavy atom. The van der Waals surface area contributed by atoms with Gasteiger partial charge in [-0.05, 0) is 49.3 Å². The average molecular weight is 400 g/mol. The molecular formula is C22H23Cl2N3. The first-order chi connectivity index (χ1) is 13.2. The zero-order chi connectivity index (χ0) is 18.4. The van der Waals surface area contributed by atoms with E-state index in [2.05, 4.69) is 26.4 Å². The summed E-state index contributed by atoms with van der Waals surface area (Å²) < 4.78 is 2.19. The Labute approximate surface area is 169 Å². The van der Waals surface area contributed by atoms with E-state index in [9.17, 15) is 0 Å². The fraction of sp³-hybridized carbons (Fsp3) is 0.409. The van der Waals surface area contributed by atoms with E-state index in [1.54, 1.807) is 0 Å². The third-order valence-corrected chi connectivity index (χ3v) is 7.43. The number of fused-ring (bicyclic) bond motifs is 1. The van der Waals surface area contributed by atoms with E-state index >= 15 is 0 Å². The molecule has 5 rings (SSSR count). The van der Waals surface area contributed by atoms with Crippen LogP contribution in [0, 0.1) is 5.41 Å². The Bertz CT molecular complexity index is 978. The van der Waals surface area contributed by atoms with Crippen LogP contribution in [0.2, 0.25) is 10.0 Å². The minimum absolute atomic E-state index is 0.578. The molecule has 0 unspecified atom stereocenters. The second-order valence-corrected chi connectivity index (χ2v) is 8.83. The van der Waals surface area contributed by atoms with Crippen molar-refractivity contribution in [3.8, 4) is 11.1 Å². The Balaban J connectivity index is 1.51. The number of rotatable bonds is 2. The molecule has 1 aromatic carbocycles. The van der Waals surface area contributed by atoms with Gasteiger partial charge in [-0.1, -0.05) is 48.2 Å². The monoisotopic (exact) mass is 399 g/mol. The normalized spacial score (nSPS) is 19.3. The van der Waals surface area contributed by atoms with Crippen molar-refractivity contribution < 1.29 is 0 Å². The van der Waals surface area contributed by atoms with Crippen molar-refractivity contribution in [3.05, 3.63) is 52.9 Å². The molecule has 1 saturated carbocycles. The molecule has 0 N–H and O–H groups in total. The maximum Gasteiger partial charge on any atom is 0.114 e. The lowest BCUT2D eigenvalue weighted by Gasteiger charge is -2.40. The number of piperidine rings is 1. The van der Waals surface area contributed by atoms with Crippen LogP contribution < -0.4 is 4.90 Å². The molecule has 0 radical (unpaired) electrons. The lowest BCUT2D eigenvalue weighted by atomic mass is 9.77. The molecule has 3 heterocycles. The molecule has 2 aromatic heterocycles. The molecule has 0 atom stereocenters. The van der Waals surface area contributed by atoms with Gasteiger partial charge in [-0.3, -0.25) is 4.40 Å². The molecule has 1 aliphatic heterocycles. The highest BCUT2D eigenvalue weighted by Gasteiger charge is 2.37. The maximum absolute atomic E-state index is 6.48. The molecule has 5 heteroatoms. The summed E-state index contributed by atoms with van der Waals surface area (Å²) in [5.74, 6) is 1.22. The van der Waals surface area contributed by atoms with Gasteiger partial charge in [0.2, 0.25) is 0 Å². The fourth-order valence-electron chi connectivity index (χ4n) is 5.03. The van der Waals surface area contributed by atoms with Gasteiger partial charge in [-0.15, -0.1) is 0 Å². The molecule has 0 bridgehead atoms. The number of hydrogen-bond acceptors (Lipinski definition) is 2. The molecule has 1 spiro atoms. The van der Waals surface area contributed by atoms with E-state index in [4.69, 9.17) is 23.2 Å². The summed E-state index contributed by atoms with van der Waals surface area (Å²) in [6.45, 7) is 2.26. The number of imidazole rings is 1. The predicted octanol–water partition coefficient (Wildman–Crippen LogP) is 6.47. The molecule has 140 valence electrons. The number of nitrogens with zero attached hydrogens (tertiary/aromatic N) is 3. The first-order valence-electron chi connectivity index (χ1n) is 9.81. The van der Waals surface area contributed by atoms with Crippen molar-refractivity contribution in [2.24, 2.45) is 5.41 Å². The van der Waals surface area contributed by atoms with E-state index in [0.717, 1.165) is 29.7 Å². The minimum atomic E-state index is 0.578.